The second-order valence-corrected chi connectivity index (χ2v) is 3.25. The summed E-state index contributed by atoms with van der Waals surface area (Å²) in [7, 11) is 0. The van der Waals surface area contributed by atoms with Gasteiger partial charge in [-0.25, -0.2) is 8.78 Å². The van der Waals surface area contributed by atoms with Gasteiger partial charge in [0.25, 0.3) is 0 Å². The summed E-state index contributed by atoms with van der Waals surface area (Å²) in [6, 6.07) is 3.38. The third-order valence-electron chi connectivity index (χ3n) is 1.56. The highest BCUT2D eigenvalue weighted by molar-refractivity contribution is 9.09. The average Bonchev–Trinajstić information content (AvgIpc) is 2.04. The van der Waals surface area contributed by atoms with Crippen molar-refractivity contribution >= 4 is 21.7 Å². The van der Waals surface area contributed by atoms with Crippen molar-refractivity contribution in [2.45, 2.75) is 6.42 Å². The van der Waals surface area contributed by atoms with E-state index in [2.05, 4.69) is 15.9 Å². The first kappa shape index (κ1) is 10.3. The van der Waals surface area contributed by atoms with E-state index in [1.54, 1.807) is 0 Å². The van der Waals surface area contributed by atoms with Gasteiger partial charge < -0.3 is 0 Å². The van der Waals surface area contributed by atoms with Gasteiger partial charge in [-0.2, -0.15) is 0 Å². The summed E-state index contributed by atoms with van der Waals surface area (Å²) in [5, 5.41) is 0.402. The average molecular weight is 249 g/mol. The molecule has 0 N–H and O–H groups in total. The standard InChI is InChI=1S/C9H7BrF2O/c10-5-4-8(13)9-6(11)2-1-3-7(9)12/h1-3H,4-5H2. The van der Waals surface area contributed by atoms with Crippen molar-refractivity contribution in [1.82, 2.24) is 0 Å². The zero-order chi connectivity index (χ0) is 9.84. The predicted octanol–water partition coefficient (Wildman–Crippen LogP) is 2.93. The summed E-state index contributed by atoms with van der Waals surface area (Å²) in [4.78, 5) is 11.2. The van der Waals surface area contributed by atoms with E-state index in [9.17, 15) is 13.6 Å². The van der Waals surface area contributed by atoms with Gasteiger partial charge >= 0.3 is 0 Å². The molecule has 0 atom stereocenters. The molecule has 0 bridgehead atoms. The highest BCUT2D eigenvalue weighted by atomic mass is 79.9. The lowest BCUT2D eigenvalue weighted by Crippen LogP contribution is -2.05. The fourth-order valence-electron chi connectivity index (χ4n) is 0.975. The van der Waals surface area contributed by atoms with Crippen molar-refractivity contribution in [3.8, 4) is 0 Å². The quantitative estimate of drug-likeness (QED) is 0.594. The fraction of sp³-hybridized carbons (Fsp3) is 0.222. The first-order valence-electron chi connectivity index (χ1n) is 3.70. The molecule has 0 aliphatic heterocycles. The first-order valence-corrected chi connectivity index (χ1v) is 4.82. The van der Waals surface area contributed by atoms with Gasteiger partial charge in [0.15, 0.2) is 5.78 Å². The van der Waals surface area contributed by atoms with E-state index in [0.717, 1.165) is 12.1 Å². The van der Waals surface area contributed by atoms with Crippen LogP contribution in [0.5, 0.6) is 0 Å². The van der Waals surface area contributed by atoms with E-state index >= 15 is 0 Å². The molecule has 0 fully saturated rings. The molecule has 4 heteroatoms. The second kappa shape index (κ2) is 4.46. The number of Topliss-reactive ketones (excluding diaryl/α,β-unsaturated/α-hetero) is 1. The molecular formula is C9H7BrF2O. The number of rotatable bonds is 3. The predicted molar refractivity (Wildman–Crippen MR) is 49.1 cm³/mol. The Bertz CT molecular complexity index is 305. The van der Waals surface area contributed by atoms with E-state index in [1.165, 1.54) is 6.07 Å². The lowest BCUT2D eigenvalue weighted by molar-refractivity contribution is 0.0982. The summed E-state index contributed by atoms with van der Waals surface area (Å²) in [6.07, 6.45) is 0.0951. The van der Waals surface area contributed by atoms with Gasteiger partial charge in [0.2, 0.25) is 0 Å². The Kier molecular flexibility index (Phi) is 3.54. The SMILES string of the molecule is O=C(CCBr)c1c(F)cccc1F. The van der Waals surface area contributed by atoms with Crippen LogP contribution in [0.15, 0.2) is 18.2 Å². The molecule has 0 aliphatic carbocycles. The molecule has 0 heterocycles. The number of hydrogen-bond acceptors (Lipinski definition) is 1. The first-order chi connectivity index (χ1) is 6.16. The number of hydrogen-bond donors (Lipinski definition) is 0. The van der Waals surface area contributed by atoms with Crippen molar-refractivity contribution in [2.75, 3.05) is 5.33 Å². The van der Waals surface area contributed by atoms with Gasteiger partial charge in [-0.1, -0.05) is 22.0 Å². The number of carbonyl (C=O) groups excluding carboxylic acids is 1. The summed E-state index contributed by atoms with van der Waals surface area (Å²) in [5.74, 6) is -2.12. The molecule has 0 aliphatic rings. The van der Waals surface area contributed by atoms with E-state index in [1.807, 2.05) is 0 Å². The van der Waals surface area contributed by atoms with E-state index in [-0.39, 0.29) is 6.42 Å². The Hall–Kier alpha value is -0.770. The minimum Gasteiger partial charge on any atom is -0.294 e. The van der Waals surface area contributed by atoms with Crippen molar-refractivity contribution in [1.29, 1.82) is 0 Å². The van der Waals surface area contributed by atoms with Crippen molar-refractivity contribution in [3.63, 3.8) is 0 Å². The van der Waals surface area contributed by atoms with Crippen molar-refractivity contribution < 1.29 is 13.6 Å². The van der Waals surface area contributed by atoms with E-state index in [0.29, 0.717) is 5.33 Å². The van der Waals surface area contributed by atoms with Crippen LogP contribution in [0.3, 0.4) is 0 Å². The van der Waals surface area contributed by atoms with Crippen LogP contribution in [0.1, 0.15) is 16.8 Å². The fourth-order valence-corrected chi connectivity index (χ4v) is 1.34. The second-order valence-electron chi connectivity index (χ2n) is 2.46. The van der Waals surface area contributed by atoms with Gasteiger partial charge in [0.05, 0.1) is 5.56 Å². The van der Waals surface area contributed by atoms with Crippen LogP contribution < -0.4 is 0 Å². The Labute approximate surface area is 82.9 Å². The van der Waals surface area contributed by atoms with Crippen molar-refractivity contribution in [2.24, 2.45) is 0 Å². The largest absolute Gasteiger partial charge is 0.294 e. The highest BCUT2D eigenvalue weighted by Gasteiger charge is 2.15. The summed E-state index contributed by atoms with van der Waals surface area (Å²) >= 11 is 3.03. The number of ketones is 1. The van der Waals surface area contributed by atoms with Gasteiger partial charge in [-0.3, -0.25) is 4.79 Å². The molecule has 1 aromatic rings. The van der Waals surface area contributed by atoms with Gasteiger partial charge in [-0.15, -0.1) is 0 Å². The Morgan fingerprint density at radius 2 is 1.85 bits per heavy atom. The summed E-state index contributed by atoms with van der Waals surface area (Å²) < 4.78 is 25.9. The molecule has 1 aromatic carbocycles. The molecule has 0 spiro atoms. The maximum Gasteiger partial charge on any atom is 0.169 e. The monoisotopic (exact) mass is 248 g/mol. The smallest absolute Gasteiger partial charge is 0.169 e. The van der Waals surface area contributed by atoms with Crippen LogP contribution >= 0.6 is 15.9 Å². The molecule has 70 valence electrons. The lowest BCUT2D eigenvalue weighted by Gasteiger charge is -2.01. The number of halogens is 3. The van der Waals surface area contributed by atoms with E-state index < -0.39 is 23.0 Å². The van der Waals surface area contributed by atoms with Gasteiger partial charge in [0.1, 0.15) is 11.6 Å². The molecule has 0 radical (unpaired) electrons. The van der Waals surface area contributed by atoms with Gasteiger partial charge in [0, 0.05) is 11.8 Å². The van der Waals surface area contributed by atoms with Crippen LogP contribution in [0.4, 0.5) is 8.78 Å². The number of carbonyl (C=O) groups is 1. The molecule has 0 aromatic heterocycles. The van der Waals surface area contributed by atoms with E-state index in [4.69, 9.17) is 0 Å². The van der Waals surface area contributed by atoms with Crippen molar-refractivity contribution in [3.05, 3.63) is 35.4 Å². The van der Waals surface area contributed by atoms with Crippen LogP contribution in [-0.2, 0) is 0 Å². The van der Waals surface area contributed by atoms with Gasteiger partial charge in [-0.05, 0) is 12.1 Å². The number of alkyl halides is 1. The molecule has 0 unspecified atom stereocenters. The van der Waals surface area contributed by atoms with Crippen LogP contribution in [-0.4, -0.2) is 11.1 Å². The van der Waals surface area contributed by atoms with Crippen LogP contribution in [0, 0.1) is 11.6 Å². The third kappa shape index (κ3) is 2.34. The summed E-state index contributed by atoms with van der Waals surface area (Å²) in [6.45, 7) is 0. The summed E-state index contributed by atoms with van der Waals surface area (Å²) in [5.41, 5.74) is -0.443. The highest BCUT2D eigenvalue weighted by Crippen LogP contribution is 2.14. The molecular weight excluding hydrogens is 242 g/mol. The minimum atomic E-state index is -0.800. The van der Waals surface area contributed by atoms with Crippen LogP contribution in [0.25, 0.3) is 0 Å². The Morgan fingerprint density at radius 3 is 2.31 bits per heavy atom. The molecule has 1 nitrogen and oxygen atoms in total. The topological polar surface area (TPSA) is 17.1 Å². The lowest BCUT2D eigenvalue weighted by atomic mass is 10.1. The maximum absolute atomic E-state index is 12.9. The maximum atomic E-state index is 12.9. The zero-order valence-corrected chi connectivity index (χ0v) is 8.27. The normalized spacial score (nSPS) is 10.1. The Morgan fingerprint density at radius 1 is 1.31 bits per heavy atom. The molecule has 13 heavy (non-hydrogen) atoms. The van der Waals surface area contributed by atoms with Crippen LogP contribution in [0.2, 0.25) is 0 Å². The third-order valence-corrected chi connectivity index (χ3v) is 1.96. The molecule has 0 saturated carbocycles. The minimum absolute atomic E-state index is 0.0951. The zero-order valence-electron chi connectivity index (χ0n) is 6.69. The molecule has 0 amide bonds. The molecule has 0 saturated heterocycles. The Balaban J connectivity index is 3.05. The molecule has 1 rings (SSSR count). The number of benzene rings is 1.